The van der Waals surface area contributed by atoms with Crippen molar-refractivity contribution in [3.63, 3.8) is 0 Å². The zero-order valence-electron chi connectivity index (χ0n) is 5.36. The number of methoxy groups -OCH3 is 1. The Hall–Kier alpha value is -1.05. The van der Waals surface area contributed by atoms with Crippen molar-refractivity contribution in [2.45, 2.75) is 0 Å². The summed E-state index contributed by atoms with van der Waals surface area (Å²) in [5.74, 6) is -0.158. The number of hydrogen-bond donors (Lipinski definition) is 0. The highest BCUT2D eigenvalue weighted by Crippen LogP contribution is 2.02. The fourth-order valence-corrected chi connectivity index (χ4v) is 0.356. The van der Waals surface area contributed by atoms with Crippen LogP contribution in [0.15, 0.2) is 36.9 Å². The molecule has 0 aliphatic rings. The van der Waals surface area contributed by atoms with Crippen LogP contribution in [0.2, 0.25) is 0 Å². The van der Waals surface area contributed by atoms with Crippen LogP contribution in [-0.4, -0.2) is 7.11 Å². The zero-order valence-corrected chi connectivity index (χ0v) is 5.36. The molecule has 0 N–H and O–H groups in total. The summed E-state index contributed by atoms with van der Waals surface area (Å²) >= 11 is 0. The first-order valence-corrected chi connectivity index (χ1v) is 2.43. The molecule has 0 amide bonds. The molecule has 0 unspecified atom stereocenters. The van der Waals surface area contributed by atoms with E-state index in [0.717, 1.165) is 6.08 Å². The minimum atomic E-state index is -0.535. The Labute approximate surface area is 54.1 Å². The number of ether oxygens (including phenoxy) is 1. The van der Waals surface area contributed by atoms with E-state index >= 15 is 0 Å². The van der Waals surface area contributed by atoms with Crippen molar-refractivity contribution >= 4 is 0 Å². The summed E-state index contributed by atoms with van der Waals surface area (Å²) in [7, 11) is 1.44. The molecule has 0 aliphatic carbocycles. The molecule has 50 valence electrons. The van der Waals surface area contributed by atoms with Crippen molar-refractivity contribution in [2.24, 2.45) is 0 Å². The van der Waals surface area contributed by atoms with Gasteiger partial charge in [0.1, 0.15) is 11.6 Å². The van der Waals surface area contributed by atoms with Crippen LogP contribution < -0.4 is 0 Å². The van der Waals surface area contributed by atoms with Gasteiger partial charge in [-0.1, -0.05) is 13.2 Å². The topological polar surface area (TPSA) is 9.23 Å². The molecule has 0 radical (unpaired) electrons. The first-order valence-electron chi connectivity index (χ1n) is 2.43. The molecular formula is C7H9FO. The van der Waals surface area contributed by atoms with Crippen LogP contribution in [0.3, 0.4) is 0 Å². The summed E-state index contributed by atoms with van der Waals surface area (Å²) in [5, 5.41) is 0. The Morgan fingerprint density at radius 3 is 2.33 bits per heavy atom. The van der Waals surface area contributed by atoms with Gasteiger partial charge in [0, 0.05) is 6.08 Å². The Balaban J connectivity index is 4.07. The second-order valence-electron chi connectivity index (χ2n) is 1.40. The third-order valence-electron chi connectivity index (χ3n) is 0.736. The lowest BCUT2D eigenvalue weighted by molar-refractivity contribution is 0.305. The highest BCUT2D eigenvalue weighted by Gasteiger charge is 1.87. The molecule has 0 aliphatic heterocycles. The largest absolute Gasteiger partial charge is 0.497 e. The smallest absolute Gasteiger partial charge is 0.121 e. The van der Waals surface area contributed by atoms with Gasteiger partial charge in [-0.2, -0.15) is 0 Å². The zero-order chi connectivity index (χ0) is 7.28. The minimum Gasteiger partial charge on any atom is -0.497 e. The monoisotopic (exact) mass is 128 g/mol. The Morgan fingerprint density at radius 2 is 2.22 bits per heavy atom. The van der Waals surface area contributed by atoms with Crippen LogP contribution in [-0.2, 0) is 4.74 Å². The van der Waals surface area contributed by atoms with E-state index in [1.54, 1.807) is 0 Å². The molecule has 0 aromatic carbocycles. The highest BCUT2D eigenvalue weighted by molar-refractivity contribution is 5.18. The van der Waals surface area contributed by atoms with E-state index in [2.05, 4.69) is 17.9 Å². The van der Waals surface area contributed by atoms with Crippen molar-refractivity contribution < 1.29 is 9.13 Å². The van der Waals surface area contributed by atoms with Crippen LogP contribution in [0.4, 0.5) is 4.39 Å². The van der Waals surface area contributed by atoms with E-state index in [1.165, 1.54) is 13.2 Å². The number of rotatable bonds is 3. The lowest BCUT2D eigenvalue weighted by Crippen LogP contribution is -1.79. The van der Waals surface area contributed by atoms with Gasteiger partial charge in [0.05, 0.1) is 7.11 Å². The summed E-state index contributed by atoms with van der Waals surface area (Å²) in [6, 6.07) is 0. The minimum absolute atomic E-state index is 0.377. The first-order chi connectivity index (χ1) is 4.20. The summed E-state index contributed by atoms with van der Waals surface area (Å²) in [6.07, 6.45) is 2.57. The highest BCUT2D eigenvalue weighted by atomic mass is 19.1. The third-order valence-corrected chi connectivity index (χ3v) is 0.736. The maximum Gasteiger partial charge on any atom is 0.121 e. The second kappa shape index (κ2) is 3.89. The van der Waals surface area contributed by atoms with Crippen LogP contribution in [0.1, 0.15) is 0 Å². The predicted octanol–water partition coefficient (Wildman–Crippen LogP) is 2.19. The molecule has 0 saturated heterocycles. The molecule has 0 heterocycles. The van der Waals surface area contributed by atoms with Gasteiger partial charge < -0.3 is 4.74 Å². The van der Waals surface area contributed by atoms with Crippen molar-refractivity contribution in [1.29, 1.82) is 0 Å². The fraction of sp³-hybridized carbons (Fsp3) is 0.143. The maximum absolute atomic E-state index is 11.9. The van der Waals surface area contributed by atoms with Crippen LogP contribution in [0.5, 0.6) is 0 Å². The molecule has 0 aromatic rings. The molecule has 0 atom stereocenters. The van der Waals surface area contributed by atoms with Gasteiger partial charge in [-0.3, -0.25) is 0 Å². The van der Waals surface area contributed by atoms with Gasteiger partial charge in [-0.05, 0) is 6.08 Å². The van der Waals surface area contributed by atoms with E-state index < -0.39 is 5.83 Å². The molecule has 1 nitrogen and oxygen atoms in total. The van der Waals surface area contributed by atoms with Gasteiger partial charge in [-0.25, -0.2) is 4.39 Å². The van der Waals surface area contributed by atoms with Crippen molar-refractivity contribution in [3.05, 3.63) is 36.9 Å². The van der Waals surface area contributed by atoms with E-state index in [4.69, 9.17) is 0 Å². The lowest BCUT2D eigenvalue weighted by Gasteiger charge is -1.95. The van der Waals surface area contributed by atoms with Gasteiger partial charge in [0.2, 0.25) is 0 Å². The fourth-order valence-electron chi connectivity index (χ4n) is 0.356. The average molecular weight is 128 g/mol. The molecule has 9 heavy (non-hydrogen) atoms. The van der Waals surface area contributed by atoms with Crippen LogP contribution >= 0.6 is 0 Å². The normalized spacial score (nSPS) is 10.7. The van der Waals surface area contributed by atoms with Gasteiger partial charge >= 0.3 is 0 Å². The predicted molar refractivity (Wildman–Crippen MR) is 35.5 cm³/mol. The molecule has 2 heteroatoms. The lowest BCUT2D eigenvalue weighted by atomic mass is 10.4. The summed E-state index contributed by atoms with van der Waals surface area (Å²) in [4.78, 5) is 0. The second-order valence-corrected chi connectivity index (χ2v) is 1.40. The van der Waals surface area contributed by atoms with Crippen molar-refractivity contribution in [2.75, 3.05) is 7.11 Å². The average Bonchev–Trinajstić information content (AvgIpc) is 1.82. The number of halogens is 1. The summed E-state index contributed by atoms with van der Waals surface area (Å²) < 4.78 is 16.6. The van der Waals surface area contributed by atoms with E-state index in [-0.39, 0.29) is 0 Å². The Kier molecular flexibility index (Phi) is 3.44. The molecular weight excluding hydrogens is 119 g/mol. The van der Waals surface area contributed by atoms with Crippen molar-refractivity contribution in [3.8, 4) is 0 Å². The van der Waals surface area contributed by atoms with Gasteiger partial charge in [-0.15, -0.1) is 0 Å². The van der Waals surface area contributed by atoms with Crippen LogP contribution in [0.25, 0.3) is 0 Å². The quantitative estimate of drug-likeness (QED) is 0.418. The first kappa shape index (κ1) is 7.95. The van der Waals surface area contributed by atoms with E-state index in [1.807, 2.05) is 0 Å². The maximum atomic E-state index is 11.9. The van der Waals surface area contributed by atoms with E-state index in [0.29, 0.717) is 5.76 Å². The SMILES string of the molecule is C=C/C(=C\C(=C)F)OC. The van der Waals surface area contributed by atoms with Gasteiger partial charge in [0.25, 0.3) is 0 Å². The number of hydrogen-bond acceptors (Lipinski definition) is 1. The summed E-state index contributed by atoms with van der Waals surface area (Å²) in [6.45, 7) is 6.40. The van der Waals surface area contributed by atoms with Crippen LogP contribution in [0, 0.1) is 0 Å². The molecule has 0 fully saturated rings. The summed E-state index contributed by atoms with van der Waals surface area (Å²) in [5.41, 5.74) is 0. The number of allylic oxidation sites excluding steroid dienone is 3. The van der Waals surface area contributed by atoms with E-state index in [9.17, 15) is 4.39 Å². The molecule has 0 spiro atoms. The standard InChI is InChI=1S/C7H9FO/c1-4-7(9-3)5-6(2)8/h4-5H,1-2H2,3H3/b7-5+. The Bertz CT molecular complexity index is 147. The van der Waals surface area contributed by atoms with Gasteiger partial charge in [0.15, 0.2) is 0 Å². The molecule has 0 aromatic heterocycles. The van der Waals surface area contributed by atoms with Crippen molar-refractivity contribution in [1.82, 2.24) is 0 Å². The molecule has 0 bridgehead atoms. The molecule has 0 rings (SSSR count). The molecule has 0 saturated carbocycles. The third kappa shape index (κ3) is 3.53. The Morgan fingerprint density at radius 1 is 1.67 bits per heavy atom.